The summed E-state index contributed by atoms with van der Waals surface area (Å²) in [5.74, 6) is -1.19. The van der Waals surface area contributed by atoms with E-state index in [9.17, 15) is 9.59 Å². The van der Waals surface area contributed by atoms with Crippen LogP contribution in [0.2, 0.25) is 0 Å². The van der Waals surface area contributed by atoms with Crippen LogP contribution in [-0.4, -0.2) is 22.1 Å². The van der Waals surface area contributed by atoms with Crippen LogP contribution in [0.4, 0.5) is 0 Å². The van der Waals surface area contributed by atoms with Crippen molar-refractivity contribution in [2.75, 3.05) is 0 Å². The lowest BCUT2D eigenvalue weighted by atomic mass is 10.1. The van der Waals surface area contributed by atoms with Gasteiger partial charge in [0.2, 0.25) is 5.76 Å². The molecule has 21 heavy (non-hydrogen) atoms. The number of amides is 1. The summed E-state index contributed by atoms with van der Waals surface area (Å²) in [6.07, 6.45) is 2.56. The van der Waals surface area contributed by atoms with Gasteiger partial charge < -0.3 is 14.9 Å². The van der Waals surface area contributed by atoms with E-state index in [1.165, 1.54) is 6.08 Å². The molecule has 0 aliphatic carbocycles. The molecule has 1 heterocycles. The number of rotatable bonds is 5. The number of nitrogens with zero attached hydrogens (tertiary/aromatic N) is 1. The SMILES string of the molecule is Cc1cc(C(=O)NCc2cccc(C=CC(=O)O)c2)on1. The molecule has 0 spiro atoms. The minimum atomic E-state index is -1.01. The third-order valence-electron chi connectivity index (χ3n) is 2.67. The van der Waals surface area contributed by atoms with Crippen molar-refractivity contribution in [1.29, 1.82) is 0 Å². The van der Waals surface area contributed by atoms with E-state index in [-0.39, 0.29) is 11.7 Å². The molecule has 0 radical (unpaired) electrons. The van der Waals surface area contributed by atoms with E-state index in [1.54, 1.807) is 31.2 Å². The highest BCUT2D eigenvalue weighted by molar-refractivity contribution is 5.91. The number of carbonyl (C=O) groups excluding carboxylic acids is 1. The number of carboxylic acids is 1. The van der Waals surface area contributed by atoms with E-state index in [2.05, 4.69) is 10.5 Å². The third-order valence-corrected chi connectivity index (χ3v) is 2.67. The van der Waals surface area contributed by atoms with E-state index in [0.29, 0.717) is 12.2 Å². The molecular weight excluding hydrogens is 272 g/mol. The second-order valence-electron chi connectivity index (χ2n) is 4.43. The van der Waals surface area contributed by atoms with Gasteiger partial charge in [0.05, 0.1) is 5.69 Å². The van der Waals surface area contributed by atoms with E-state index in [4.69, 9.17) is 9.63 Å². The monoisotopic (exact) mass is 286 g/mol. The maximum Gasteiger partial charge on any atom is 0.328 e. The lowest BCUT2D eigenvalue weighted by Gasteiger charge is -2.04. The highest BCUT2D eigenvalue weighted by Crippen LogP contribution is 2.08. The fourth-order valence-electron chi connectivity index (χ4n) is 1.71. The van der Waals surface area contributed by atoms with Gasteiger partial charge >= 0.3 is 5.97 Å². The van der Waals surface area contributed by atoms with E-state index >= 15 is 0 Å². The molecule has 0 fully saturated rings. The summed E-state index contributed by atoms with van der Waals surface area (Å²) in [7, 11) is 0. The largest absolute Gasteiger partial charge is 0.478 e. The minimum Gasteiger partial charge on any atom is -0.478 e. The summed E-state index contributed by atoms with van der Waals surface area (Å²) < 4.78 is 4.86. The Morgan fingerprint density at radius 2 is 2.19 bits per heavy atom. The first-order valence-corrected chi connectivity index (χ1v) is 6.26. The first-order chi connectivity index (χ1) is 10.0. The van der Waals surface area contributed by atoms with E-state index in [0.717, 1.165) is 17.2 Å². The summed E-state index contributed by atoms with van der Waals surface area (Å²) in [6.45, 7) is 2.05. The summed E-state index contributed by atoms with van der Waals surface area (Å²) >= 11 is 0. The molecule has 1 amide bonds. The fraction of sp³-hybridized carbons (Fsp3) is 0.133. The zero-order valence-electron chi connectivity index (χ0n) is 11.4. The Hall–Kier alpha value is -2.89. The predicted molar refractivity (Wildman–Crippen MR) is 75.5 cm³/mol. The maximum atomic E-state index is 11.8. The van der Waals surface area contributed by atoms with E-state index in [1.807, 2.05) is 6.07 Å². The Labute approximate surface area is 121 Å². The Morgan fingerprint density at radius 1 is 1.38 bits per heavy atom. The highest BCUT2D eigenvalue weighted by Gasteiger charge is 2.10. The fourth-order valence-corrected chi connectivity index (χ4v) is 1.71. The second kappa shape index (κ2) is 6.51. The number of carboxylic acid groups (broad SMARTS) is 1. The topological polar surface area (TPSA) is 92.4 Å². The molecule has 6 nitrogen and oxygen atoms in total. The van der Waals surface area contributed by atoms with Crippen LogP contribution in [0.25, 0.3) is 6.08 Å². The van der Waals surface area contributed by atoms with Gasteiger partial charge in [0, 0.05) is 18.7 Å². The predicted octanol–water partition coefficient (Wildman–Crippen LogP) is 2.01. The van der Waals surface area contributed by atoms with Gasteiger partial charge in [0.1, 0.15) is 0 Å². The van der Waals surface area contributed by atoms with E-state index < -0.39 is 5.97 Å². The molecule has 108 valence electrons. The van der Waals surface area contributed by atoms with Crippen LogP contribution < -0.4 is 5.32 Å². The smallest absolute Gasteiger partial charge is 0.328 e. The lowest BCUT2D eigenvalue weighted by molar-refractivity contribution is -0.131. The first-order valence-electron chi connectivity index (χ1n) is 6.26. The van der Waals surface area contributed by atoms with Crippen molar-refractivity contribution < 1.29 is 19.2 Å². The molecule has 0 aliphatic rings. The number of hydrogen-bond acceptors (Lipinski definition) is 4. The molecule has 2 rings (SSSR count). The maximum absolute atomic E-state index is 11.8. The molecule has 2 N–H and O–H groups in total. The Balaban J connectivity index is 1.98. The molecule has 0 unspecified atom stereocenters. The molecule has 0 saturated carbocycles. The summed E-state index contributed by atoms with van der Waals surface area (Å²) in [4.78, 5) is 22.3. The van der Waals surface area contributed by atoms with Crippen LogP contribution in [0.3, 0.4) is 0 Å². The average Bonchev–Trinajstić information content (AvgIpc) is 2.90. The van der Waals surface area contributed by atoms with Gasteiger partial charge in [-0.05, 0) is 30.2 Å². The first kappa shape index (κ1) is 14.5. The third kappa shape index (κ3) is 4.31. The molecule has 0 atom stereocenters. The van der Waals surface area contributed by atoms with Crippen LogP contribution in [0.1, 0.15) is 27.4 Å². The zero-order valence-corrected chi connectivity index (χ0v) is 11.4. The molecule has 1 aromatic heterocycles. The van der Waals surface area contributed by atoms with Gasteiger partial charge in [-0.25, -0.2) is 4.79 Å². The van der Waals surface area contributed by atoms with Crippen molar-refractivity contribution in [2.45, 2.75) is 13.5 Å². The van der Waals surface area contributed by atoms with Crippen molar-refractivity contribution in [2.24, 2.45) is 0 Å². The number of benzene rings is 1. The summed E-state index contributed by atoms with van der Waals surface area (Å²) in [6, 6.07) is 8.77. The van der Waals surface area contributed by atoms with Crippen molar-refractivity contribution in [1.82, 2.24) is 10.5 Å². The van der Waals surface area contributed by atoms with Gasteiger partial charge in [0.15, 0.2) is 0 Å². The molecular formula is C15H14N2O4. The molecule has 2 aromatic rings. The number of nitrogens with one attached hydrogen (secondary N) is 1. The number of aliphatic carboxylic acids is 1. The minimum absolute atomic E-state index is 0.162. The van der Waals surface area contributed by atoms with Crippen LogP contribution >= 0.6 is 0 Å². The number of aromatic nitrogens is 1. The second-order valence-corrected chi connectivity index (χ2v) is 4.43. The van der Waals surface area contributed by atoms with Gasteiger partial charge in [-0.15, -0.1) is 0 Å². The summed E-state index contributed by atoms with van der Waals surface area (Å²) in [5, 5.41) is 14.9. The average molecular weight is 286 g/mol. The Morgan fingerprint density at radius 3 is 2.86 bits per heavy atom. The summed E-state index contributed by atoms with van der Waals surface area (Å²) in [5.41, 5.74) is 2.24. The Kier molecular flexibility index (Phi) is 4.50. The van der Waals surface area contributed by atoms with Crippen molar-refractivity contribution in [3.05, 3.63) is 59.0 Å². The van der Waals surface area contributed by atoms with Crippen LogP contribution in [0.5, 0.6) is 0 Å². The number of hydrogen-bond donors (Lipinski definition) is 2. The number of aryl methyl sites for hydroxylation is 1. The highest BCUT2D eigenvalue weighted by atomic mass is 16.5. The van der Waals surface area contributed by atoms with Gasteiger partial charge in [-0.2, -0.15) is 0 Å². The molecule has 6 heteroatoms. The van der Waals surface area contributed by atoms with Gasteiger partial charge in [-0.1, -0.05) is 23.4 Å². The van der Waals surface area contributed by atoms with Crippen LogP contribution in [0.15, 0.2) is 40.9 Å². The molecule has 1 aromatic carbocycles. The number of carbonyl (C=O) groups is 2. The van der Waals surface area contributed by atoms with Gasteiger partial charge in [0.25, 0.3) is 5.91 Å². The van der Waals surface area contributed by atoms with Crippen molar-refractivity contribution in [3.63, 3.8) is 0 Å². The normalized spacial score (nSPS) is 10.7. The molecule has 0 saturated heterocycles. The van der Waals surface area contributed by atoms with Crippen molar-refractivity contribution >= 4 is 18.0 Å². The van der Waals surface area contributed by atoms with Crippen LogP contribution in [0, 0.1) is 6.92 Å². The Bertz CT molecular complexity index is 688. The zero-order chi connectivity index (χ0) is 15.2. The quantitative estimate of drug-likeness (QED) is 0.820. The van der Waals surface area contributed by atoms with Crippen LogP contribution in [-0.2, 0) is 11.3 Å². The van der Waals surface area contributed by atoms with Crippen molar-refractivity contribution in [3.8, 4) is 0 Å². The standard InChI is InChI=1S/C15H14N2O4/c1-10-7-13(21-17-10)15(20)16-9-12-4-2-3-11(8-12)5-6-14(18)19/h2-8H,9H2,1H3,(H,16,20)(H,18,19). The lowest BCUT2D eigenvalue weighted by Crippen LogP contribution is -2.22. The van der Waals surface area contributed by atoms with Gasteiger partial charge in [-0.3, -0.25) is 4.79 Å². The molecule has 0 aliphatic heterocycles. The molecule has 0 bridgehead atoms.